The van der Waals surface area contributed by atoms with E-state index in [1.165, 1.54) is 30.7 Å². The Hall–Kier alpha value is -0.560. The van der Waals surface area contributed by atoms with Crippen molar-refractivity contribution in [1.82, 2.24) is 4.90 Å². The number of allylic oxidation sites excluding steroid dienone is 2. The molecule has 0 bridgehead atoms. The van der Waals surface area contributed by atoms with Crippen molar-refractivity contribution in [1.29, 1.82) is 0 Å². The smallest absolute Gasteiger partial charge is 0.00475 e. The molecule has 1 heterocycles. The molecule has 12 heavy (non-hydrogen) atoms. The monoisotopic (exact) mass is 165 g/mol. The highest BCUT2D eigenvalue weighted by molar-refractivity contribution is 5.22. The van der Waals surface area contributed by atoms with Crippen LogP contribution in [0.15, 0.2) is 23.8 Å². The Bertz CT molecular complexity index is 199. The van der Waals surface area contributed by atoms with Crippen molar-refractivity contribution in [3.8, 4) is 0 Å². The van der Waals surface area contributed by atoms with E-state index in [0.29, 0.717) is 5.92 Å². The molecule has 0 N–H and O–H groups in total. The van der Waals surface area contributed by atoms with Crippen molar-refractivity contribution in [2.75, 3.05) is 20.1 Å². The van der Waals surface area contributed by atoms with E-state index in [1.807, 2.05) is 0 Å². The molecule has 1 rings (SSSR count). The summed E-state index contributed by atoms with van der Waals surface area (Å²) in [5.74, 6) is 0.699. The quantitative estimate of drug-likeness (QED) is 0.568. The van der Waals surface area contributed by atoms with Crippen LogP contribution in [0.5, 0.6) is 0 Å². The summed E-state index contributed by atoms with van der Waals surface area (Å²) in [5, 5.41) is 0. The van der Waals surface area contributed by atoms with Gasteiger partial charge in [-0.3, -0.25) is 0 Å². The van der Waals surface area contributed by atoms with Crippen LogP contribution in [0.3, 0.4) is 0 Å². The Morgan fingerprint density at radius 3 is 2.58 bits per heavy atom. The predicted molar refractivity (Wildman–Crippen MR) is 54.2 cm³/mol. The second-order valence-electron chi connectivity index (χ2n) is 4.04. The highest BCUT2D eigenvalue weighted by atomic mass is 15.1. The van der Waals surface area contributed by atoms with E-state index < -0.39 is 0 Å². The molecule has 68 valence electrons. The van der Waals surface area contributed by atoms with Gasteiger partial charge in [0.05, 0.1) is 0 Å². The molecule has 0 aromatic heterocycles. The first-order chi connectivity index (χ1) is 5.59. The summed E-state index contributed by atoms with van der Waals surface area (Å²) >= 11 is 0. The zero-order valence-corrected chi connectivity index (χ0v) is 8.43. The van der Waals surface area contributed by atoms with Crippen LogP contribution in [0.2, 0.25) is 0 Å². The fourth-order valence-corrected chi connectivity index (χ4v) is 1.73. The van der Waals surface area contributed by atoms with Gasteiger partial charge in [-0.2, -0.15) is 0 Å². The molecule has 1 aliphatic heterocycles. The topological polar surface area (TPSA) is 3.24 Å². The molecular formula is C11H19N. The lowest BCUT2D eigenvalue weighted by atomic mass is 9.98. The average Bonchev–Trinajstić information content (AvgIpc) is 2.34. The van der Waals surface area contributed by atoms with Gasteiger partial charge in [-0.25, -0.2) is 0 Å². The van der Waals surface area contributed by atoms with E-state index >= 15 is 0 Å². The molecule has 0 radical (unpaired) electrons. The fourth-order valence-electron chi connectivity index (χ4n) is 1.73. The second kappa shape index (κ2) is 3.90. The minimum atomic E-state index is 0.699. The second-order valence-corrected chi connectivity index (χ2v) is 4.04. The van der Waals surface area contributed by atoms with Gasteiger partial charge in [0, 0.05) is 6.54 Å². The lowest BCUT2D eigenvalue weighted by Gasteiger charge is -2.10. The molecule has 0 aromatic rings. The summed E-state index contributed by atoms with van der Waals surface area (Å²) in [4.78, 5) is 2.37. The van der Waals surface area contributed by atoms with Gasteiger partial charge in [-0.15, -0.1) is 0 Å². The third-order valence-electron chi connectivity index (χ3n) is 2.39. The standard InChI is InChI=1S/C11H19N/c1-9(2)7-10(3)11-5-6-12(4)8-11/h7,11H,3,5-6,8H2,1-2,4H3. The molecule has 0 spiro atoms. The van der Waals surface area contributed by atoms with Gasteiger partial charge in [-0.05, 0) is 39.8 Å². The molecule has 0 amide bonds. The number of hydrogen-bond donors (Lipinski definition) is 0. The number of rotatable bonds is 2. The first-order valence-corrected chi connectivity index (χ1v) is 4.62. The lowest BCUT2D eigenvalue weighted by Crippen LogP contribution is -2.14. The Kier molecular flexibility index (Phi) is 3.10. The highest BCUT2D eigenvalue weighted by Gasteiger charge is 2.20. The van der Waals surface area contributed by atoms with Gasteiger partial charge in [0.25, 0.3) is 0 Å². The summed E-state index contributed by atoms with van der Waals surface area (Å²) in [6.45, 7) is 10.8. The van der Waals surface area contributed by atoms with Gasteiger partial charge >= 0.3 is 0 Å². The van der Waals surface area contributed by atoms with E-state index in [2.05, 4.69) is 38.5 Å². The third-order valence-corrected chi connectivity index (χ3v) is 2.39. The molecule has 1 atom stereocenters. The van der Waals surface area contributed by atoms with Crippen molar-refractivity contribution in [3.05, 3.63) is 23.8 Å². The molecule has 0 saturated carbocycles. The summed E-state index contributed by atoms with van der Waals surface area (Å²) in [6.07, 6.45) is 3.49. The summed E-state index contributed by atoms with van der Waals surface area (Å²) < 4.78 is 0. The van der Waals surface area contributed by atoms with Crippen molar-refractivity contribution < 1.29 is 0 Å². The van der Waals surface area contributed by atoms with Gasteiger partial charge in [-0.1, -0.05) is 23.8 Å². The van der Waals surface area contributed by atoms with E-state index in [-0.39, 0.29) is 0 Å². The van der Waals surface area contributed by atoms with Crippen LogP contribution < -0.4 is 0 Å². The van der Waals surface area contributed by atoms with Crippen LogP contribution in [-0.2, 0) is 0 Å². The van der Waals surface area contributed by atoms with E-state index in [9.17, 15) is 0 Å². The van der Waals surface area contributed by atoms with Crippen LogP contribution in [0.25, 0.3) is 0 Å². The lowest BCUT2D eigenvalue weighted by molar-refractivity contribution is 0.406. The van der Waals surface area contributed by atoms with E-state index in [4.69, 9.17) is 0 Å². The van der Waals surface area contributed by atoms with Gasteiger partial charge < -0.3 is 4.90 Å². The van der Waals surface area contributed by atoms with Crippen LogP contribution in [0.1, 0.15) is 20.3 Å². The summed E-state index contributed by atoms with van der Waals surface area (Å²) in [5.41, 5.74) is 2.66. The molecule has 1 heteroatoms. The van der Waals surface area contributed by atoms with Gasteiger partial charge in [0.15, 0.2) is 0 Å². The summed E-state index contributed by atoms with van der Waals surface area (Å²) in [7, 11) is 2.18. The SMILES string of the molecule is C=C(C=C(C)C)C1CCN(C)C1. The Balaban J connectivity index is 2.49. The van der Waals surface area contributed by atoms with Crippen LogP contribution in [0.4, 0.5) is 0 Å². The van der Waals surface area contributed by atoms with Crippen molar-refractivity contribution >= 4 is 0 Å². The zero-order chi connectivity index (χ0) is 9.14. The maximum absolute atomic E-state index is 4.11. The summed E-state index contributed by atoms with van der Waals surface area (Å²) in [6, 6.07) is 0. The average molecular weight is 165 g/mol. The van der Waals surface area contributed by atoms with Gasteiger partial charge in [0.2, 0.25) is 0 Å². The normalized spacial score (nSPS) is 24.1. The largest absolute Gasteiger partial charge is 0.306 e. The molecule has 0 aromatic carbocycles. The maximum Gasteiger partial charge on any atom is 0.00475 e. The van der Waals surface area contributed by atoms with Crippen LogP contribution in [-0.4, -0.2) is 25.0 Å². The number of hydrogen-bond acceptors (Lipinski definition) is 1. The van der Waals surface area contributed by atoms with Crippen molar-refractivity contribution in [3.63, 3.8) is 0 Å². The minimum absolute atomic E-state index is 0.699. The fraction of sp³-hybridized carbons (Fsp3) is 0.636. The molecule has 0 aliphatic carbocycles. The molecule has 1 nitrogen and oxygen atoms in total. The van der Waals surface area contributed by atoms with Crippen LogP contribution >= 0.6 is 0 Å². The first-order valence-electron chi connectivity index (χ1n) is 4.62. The molecule has 1 aliphatic rings. The maximum atomic E-state index is 4.11. The molecular weight excluding hydrogens is 146 g/mol. The zero-order valence-electron chi connectivity index (χ0n) is 8.43. The molecule has 1 saturated heterocycles. The minimum Gasteiger partial charge on any atom is -0.306 e. The Labute approximate surface area is 75.8 Å². The van der Waals surface area contributed by atoms with Gasteiger partial charge in [0.1, 0.15) is 0 Å². The molecule has 1 unspecified atom stereocenters. The van der Waals surface area contributed by atoms with Crippen LogP contribution in [0, 0.1) is 5.92 Å². The van der Waals surface area contributed by atoms with E-state index in [0.717, 1.165) is 0 Å². The number of nitrogens with zero attached hydrogens (tertiary/aromatic N) is 1. The third kappa shape index (κ3) is 2.49. The van der Waals surface area contributed by atoms with Crippen molar-refractivity contribution in [2.45, 2.75) is 20.3 Å². The Morgan fingerprint density at radius 1 is 1.50 bits per heavy atom. The number of likely N-dealkylation sites (tertiary alicyclic amines) is 1. The molecule has 1 fully saturated rings. The van der Waals surface area contributed by atoms with Crippen molar-refractivity contribution in [2.24, 2.45) is 5.92 Å². The highest BCUT2D eigenvalue weighted by Crippen LogP contribution is 2.22. The first kappa shape index (κ1) is 9.53. The van der Waals surface area contributed by atoms with E-state index in [1.54, 1.807) is 0 Å². The Morgan fingerprint density at radius 2 is 2.17 bits per heavy atom. The predicted octanol–water partition coefficient (Wildman–Crippen LogP) is 2.46.